The van der Waals surface area contributed by atoms with Gasteiger partial charge in [0.25, 0.3) is 0 Å². The zero-order valence-electron chi connectivity index (χ0n) is 13.0. The number of hydrogen-bond donors (Lipinski definition) is 2. The number of ether oxygens (including phenoxy) is 1. The van der Waals surface area contributed by atoms with Gasteiger partial charge in [0, 0.05) is 17.5 Å². The van der Waals surface area contributed by atoms with Crippen molar-refractivity contribution in [2.45, 2.75) is 6.54 Å². The fourth-order valence-corrected chi connectivity index (χ4v) is 2.92. The third kappa shape index (κ3) is 2.83. The fourth-order valence-electron chi connectivity index (χ4n) is 2.79. The second kappa shape index (κ2) is 6.33. The highest BCUT2D eigenvalue weighted by molar-refractivity contribution is 7.80. The van der Waals surface area contributed by atoms with Crippen LogP contribution in [0.3, 0.4) is 0 Å². The second-order valence-corrected chi connectivity index (χ2v) is 5.82. The highest BCUT2D eigenvalue weighted by Gasteiger charge is 2.17. The van der Waals surface area contributed by atoms with Crippen LogP contribution in [-0.2, 0) is 6.54 Å². The van der Waals surface area contributed by atoms with Gasteiger partial charge in [-0.1, -0.05) is 36.5 Å². The number of rotatable bonds is 5. The zero-order valence-corrected chi connectivity index (χ0v) is 13.8. The van der Waals surface area contributed by atoms with Gasteiger partial charge >= 0.3 is 5.97 Å². The molecular formula is C18H16N2O3S. The Hall–Kier alpha value is -2.86. The van der Waals surface area contributed by atoms with E-state index < -0.39 is 5.97 Å². The summed E-state index contributed by atoms with van der Waals surface area (Å²) in [6, 6.07) is 14.6. The molecule has 0 unspecified atom stereocenters. The van der Waals surface area contributed by atoms with Crippen LogP contribution in [0.2, 0.25) is 0 Å². The lowest BCUT2D eigenvalue weighted by atomic mass is 10.1. The van der Waals surface area contributed by atoms with Crippen molar-refractivity contribution in [3.05, 3.63) is 65.4 Å². The number of thiocarbonyl (C=S) groups is 1. The normalized spacial score (nSPS) is 10.7. The Balaban J connectivity index is 2.14. The Morgan fingerprint density at radius 3 is 2.67 bits per heavy atom. The number of carboxylic acid groups (broad SMARTS) is 1. The van der Waals surface area contributed by atoms with Crippen molar-refractivity contribution >= 4 is 34.1 Å². The van der Waals surface area contributed by atoms with Crippen molar-refractivity contribution in [2.24, 2.45) is 5.73 Å². The van der Waals surface area contributed by atoms with Crippen LogP contribution in [0.1, 0.15) is 21.6 Å². The van der Waals surface area contributed by atoms with Gasteiger partial charge in [0.1, 0.15) is 16.4 Å². The summed E-state index contributed by atoms with van der Waals surface area (Å²) < 4.78 is 7.09. The van der Waals surface area contributed by atoms with Gasteiger partial charge in [-0.15, -0.1) is 0 Å². The first-order chi connectivity index (χ1) is 11.5. The molecule has 0 aliphatic heterocycles. The van der Waals surface area contributed by atoms with E-state index in [1.54, 1.807) is 17.7 Å². The van der Waals surface area contributed by atoms with Gasteiger partial charge in [0.05, 0.1) is 12.6 Å². The number of nitrogens with two attached hydrogens (primary N) is 1. The molecular weight excluding hydrogens is 324 g/mol. The molecule has 0 saturated carbocycles. The first-order valence-electron chi connectivity index (χ1n) is 7.29. The highest BCUT2D eigenvalue weighted by atomic mass is 32.1. The Kier molecular flexibility index (Phi) is 4.22. The zero-order chi connectivity index (χ0) is 17.3. The van der Waals surface area contributed by atoms with Crippen molar-refractivity contribution in [1.29, 1.82) is 0 Å². The van der Waals surface area contributed by atoms with Crippen molar-refractivity contribution in [1.82, 2.24) is 4.57 Å². The number of methoxy groups -OCH3 is 1. The first kappa shape index (κ1) is 16.0. The highest BCUT2D eigenvalue weighted by Crippen LogP contribution is 2.29. The van der Waals surface area contributed by atoms with Gasteiger partial charge in [0.2, 0.25) is 0 Å². The minimum Gasteiger partial charge on any atom is -0.496 e. The van der Waals surface area contributed by atoms with Gasteiger partial charge in [-0.05, 0) is 29.8 Å². The topological polar surface area (TPSA) is 77.5 Å². The lowest BCUT2D eigenvalue weighted by molar-refractivity contribution is 0.0686. The average Bonchev–Trinajstić information content (AvgIpc) is 2.94. The van der Waals surface area contributed by atoms with Crippen molar-refractivity contribution in [3.8, 4) is 5.75 Å². The van der Waals surface area contributed by atoms with Crippen molar-refractivity contribution < 1.29 is 14.6 Å². The number of aromatic nitrogens is 1. The molecule has 0 saturated heterocycles. The van der Waals surface area contributed by atoms with E-state index in [0.29, 0.717) is 17.3 Å². The van der Waals surface area contributed by atoms with Gasteiger partial charge in [-0.2, -0.15) is 0 Å². The van der Waals surface area contributed by atoms with Gasteiger partial charge in [-0.25, -0.2) is 4.79 Å². The summed E-state index contributed by atoms with van der Waals surface area (Å²) in [5, 5.41) is 10.3. The van der Waals surface area contributed by atoms with Crippen LogP contribution in [0, 0.1) is 0 Å². The molecule has 0 atom stereocenters. The van der Waals surface area contributed by atoms with E-state index in [9.17, 15) is 9.90 Å². The van der Waals surface area contributed by atoms with E-state index in [2.05, 4.69) is 0 Å². The summed E-state index contributed by atoms with van der Waals surface area (Å²) in [4.78, 5) is 12.0. The largest absolute Gasteiger partial charge is 0.496 e. The molecule has 3 aromatic rings. The number of nitrogens with zero attached hydrogens (tertiary/aromatic N) is 1. The summed E-state index contributed by atoms with van der Waals surface area (Å²) >= 11 is 5.01. The number of carbonyl (C=O) groups is 1. The van der Waals surface area contributed by atoms with Crippen LogP contribution in [0.25, 0.3) is 10.9 Å². The first-order valence-corrected chi connectivity index (χ1v) is 7.70. The standard InChI is InChI=1S/C18H16N2O3S/c1-23-16-7-3-6-14-13(16)9-15(18(21)22)20(14)10-11-4-2-5-12(8-11)17(19)24/h2-9H,10H2,1H3,(H2,19,24)(H,21,22). The Bertz CT molecular complexity index is 947. The molecule has 3 rings (SSSR count). The molecule has 2 aromatic carbocycles. The van der Waals surface area contributed by atoms with Gasteiger partial charge in [-0.3, -0.25) is 0 Å². The predicted molar refractivity (Wildman–Crippen MR) is 96.9 cm³/mol. The number of aromatic carboxylic acids is 1. The molecule has 0 aliphatic rings. The molecule has 0 bridgehead atoms. The maximum atomic E-state index is 11.7. The van der Waals surface area contributed by atoms with Crippen LogP contribution in [0.5, 0.6) is 5.75 Å². The van der Waals surface area contributed by atoms with E-state index in [4.69, 9.17) is 22.7 Å². The van der Waals surface area contributed by atoms with Gasteiger partial charge < -0.3 is 20.1 Å². The Morgan fingerprint density at radius 2 is 2.00 bits per heavy atom. The third-order valence-electron chi connectivity index (χ3n) is 3.90. The summed E-state index contributed by atoms with van der Waals surface area (Å²) in [6.45, 7) is 0.398. The van der Waals surface area contributed by atoms with E-state index in [1.807, 2.05) is 42.5 Å². The third-order valence-corrected chi connectivity index (χ3v) is 4.13. The Morgan fingerprint density at radius 1 is 1.25 bits per heavy atom. The smallest absolute Gasteiger partial charge is 0.352 e. The molecule has 1 heterocycles. The van der Waals surface area contributed by atoms with Crippen molar-refractivity contribution in [3.63, 3.8) is 0 Å². The molecule has 122 valence electrons. The van der Waals surface area contributed by atoms with E-state index in [1.165, 1.54) is 0 Å². The maximum absolute atomic E-state index is 11.7. The van der Waals surface area contributed by atoms with Crippen LogP contribution in [0.4, 0.5) is 0 Å². The summed E-state index contributed by atoms with van der Waals surface area (Å²) in [5.74, 6) is -0.343. The van der Waals surface area contributed by atoms with Crippen LogP contribution in [0.15, 0.2) is 48.5 Å². The summed E-state index contributed by atoms with van der Waals surface area (Å²) in [5.41, 5.74) is 8.36. The van der Waals surface area contributed by atoms with Crippen LogP contribution >= 0.6 is 12.2 Å². The molecule has 0 aliphatic carbocycles. The van der Waals surface area contributed by atoms with Crippen molar-refractivity contribution in [2.75, 3.05) is 7.11 Å². The number of benzene rings is 2. The van der Waals surface area contributed by atoms with E-state index in [0.717, 1.165) is 22.0 Å². The van der Waals surface area contributed by atoms with E-state index in [-0.39, 0.29) is 5.69 Å². The Labute approximate surface area is 144 Å². The number of fused-ring (bicyclic) bond motifs is 1. The van der Waals surface area contributed by atoms with Gasteiger partial charge in [0.15, 0.2) is 0 Å². The lowest BCUT2D eigenvalue weighted by Crippen LogP contribution is -2.12. The summed E-state index contributed by atoms with van der Waals surface area (Å²) in [6.07, 6.45) is 0. The SMILES string of the molecule is COc1cccc2c1cc(C(=O)O)n2Cc1cccc(C(N)=S)c1. The molecule has 0 radical (unpaired) electrons. The molecule has 6 heteroatoms. The average molecular weight is 340 g/mol. The number of hydrogen-bond acceptors (Lipinski definition) is 3. The minimum absolute atomic E-state index is 0.204. The quantitative estimate of drug-likeness (QED) is 0.698. The number of carboxylic acids is 1. The molecule has 1 aromatic heterocycles. The summed E-state index contributed by atoms with van der Waals surface area (Å²) in [7, 11) is 1.57. The molecule has 0 amide bonds. The lowest BCUT2D eigenvalue weighted by Gasteiger charge is -2.10. The molecule has 24 heavy (non-hydrogen) atoms. The van der Waals surface area contributed by atoms with E-state index >= 15 is 0 Å². The second-order valence-electron chi connectivity index (χ2n) is 5.38. The molecule has 0 spiro atoms. The maximum Gasteiger partial charge on any atom is 0.352 e. The van der Waals surface area contributed by atoms with Crippen LogP contribution in [-0.4, -0.2) is 27.7 Å². The monoisotopic (exact) mass is 340 g/mol. The molecule has 3 N–H and O–H groups in total. The fraction of sp³-hybridized carbons (Fsp3) is 0.111. The molecule has 5 nitrogen and oxygen atoms in total. The predicted octanol–water partition coefficient (Wildman–Crippen LogP) is 3.03. The molecule has 0 fully saturated rings. The van der Waals surface area contributed by atoms with Crippen LogP contribution < -0.4 is 10.5 Å². The minimum atomic E-state index is -0.987.